The average Bonchev–Trinajstić information content (AvgIpc) is 2.78. The van der Waals surface area contributed by atoms with E-state index < -0.39 is 17.6 Å². The van der Waals surface area contributed by atoms with Crippen molar-refractivity contribution in [1.82, 2.24) is 10.2 Å². The second kappa shape index (κ2) is 7.77. The van der Waals surface area contributed by atoms with Crippen LogP contribution in [-0.2, 0) is 9.59 Å². The molecule has 1 aliphatic heterocycles. The summed E-state index contributed by atoms with van der Waals surface area (Å²) in [5.41, 5.74) is 0.0735. The molecule has 1 unspecified atom stereocenters. The molecule has 0 saturated heterocycles. The number of rotatable bonds is 6. The Morgan fingerprint density at radius 1 is 1.42 bits per heavy atom. The van der Waals surface area contributed by atoms with Crippen molar-refractivity contribution in [1.29, 1.82) is 0 Å². The van der Waals surface area contributed by atoms with Crippen molar-refractivity contribution in [3.63, 3.8) is 0 Å². The van der Waals surface area contributed by atoms with E-state index in [2.05, 4.69) is 5.32 Å². The number of carbonyl (C=O) groups is 2. The van der Waals surface area contributed by atoms with E-state index >= 15 is 0 Å². The zero-order chi connectivity index (χ0) is 17.9. The molecule has 0 spiro atoms. The average molecular weight is 373 g/mol. The fraction of sp³-hybridized carbons (Fsp3) is 0.375. The van der Waals surface area contributed by atoms with E-state index in [1.54, 1.807) is 25.1 Å². The van der Waals surface area contributed by atoms with Crippen LogP contribution < -0.4 is 10.1 Å². The summed E-state index contributed by atoms with van der Waals surface area (Å²) >= 11 is 12.0. The van der Waals surface area contributed by atoms with Gasteiger partial charge in [-0.2, -0.15) is 0 Å². The number of aliphatic hydroxyl groups excluding tert-OH is 1. The SMILES string of the molecule is CC(CCOc1c(Cl)cccc1Cl)NC(=O)C1=C(O)C(=O)N(C)C1. The smallest absolute Gasteiger partial charge is 0.289 e. The van der Waals surface area contributed by atoms with Crippen LogP contribution in [0.2, 0.25) is 10.0 Å². The summed E-state index contributed by atoms with van der Waals surface area (Å²) in [6.07, 6.45) is 0.505. The number of nitrogens with zero attached hydrogens (tertiary/aromatic N) is 1. The summed E-state index contributed by atoms with van der Waals surface area (Å²) in [6, 6.07) is 4.86. The first-order valence-corrected chi connectivity index (χ1v) is 8.12. The molecule has 1 heterocycles. The summed E-state index contributed by atoms with van der Waals surface area (Å²) in [4.78, 5) is 24.9. The van der Waals surface area contributed by atoms with Gasteiger partial charge in [0.15, 0.2) is 11.5 Å². The Bertz CT molecular complexity index is 670. The third-order valence-electron chi connectivity index (χ3n) is 3.60. The summed E-state index contributed by atoms with van der Waals surface area (Å²) < 4.78 is 5.56. The van der Waals surface area contributed by atoms with E-state index in [1.165, 1.54) is 11.9 Å². The molecule has 0 aliphatic carbocycles. The molecule has 24 heavy (non-hydrogen) atoms. The molecule has 6 nitrogen and oxygen atoms in total. The summed E-state index contributed by atoms with van der Waals surface area (Å²) in [6.45, 7) is 2.19. The molecule has 0 bridgehead atoms. The molecule has 1 aromatic carbocycles. The second-order valence-corrected chi connectivity index (χ2v) is 6.37. The highest BCUT2D eigenvalue weighted by Crippen LogP contribution is 2.32. The quantitative estimate of drug-likeness (QED) is 0.803. The van der Waals surface area contributed by atoms with Crippen LogP contribution >= 0.6 is 23.2 Å². The molecule has 130 valence electrons. The van der Waals surface area contributed by atoms with Gasteiger partial charge in [-0.3, -0.25) is 9.59 Å². The summed E-state index contributed by atoms with van der Waals surface area (Å²) in [7, 11) is 1.52. The van der Waals surface area contributed by atoms with E-state index in [1.807, 2.05) is 0 Å². The van der Waals surface area contributed by atoms with E-state index in [0.717, 1.165) is 0 Å². The van der Waals surface area contributed by atoms with Gasteiger partial charge < -0.3 is 20.1 Å². The highest BCUT2D eigenvalue weighted by molar-refractivity contribution is 6.37. The zero-order valence-electron chi connectivity index (χ0n) is 13.3. The number of aliphatic hydroxyl groups is 1. The number of benzene rings is 1. The maximum Gasteiger partial charge on any atom is 0.289 e. The van der Waals surface area contributed by atoms with Gasteiger partial charge in [0.25, 0.3) is 11.8 Å². The van der Waals surface area contributed by atoms with Crippen LogP contribution in [-0.4, -0.2) is 48.1 Å². The minimum absolute atomic E-state index is 0.0735. The van der Waals surface area contributed by atoms with Crippen molar-refractivity contribution in [2.45, 2.75) is 19.4 Å². The van der Waals surface area contributed by atoms with Crippen LogP contribution in [0.1, 0.15) is 13.3 Å². The van der Waals surface area contributed by atoms with E-state index in [4.69, 9.17) is 27.9 Å². The second-order valence-electron chi connectivity index (χ2n) is 5.55. The third-order valence-corrected chi connectivity index (χ3v) is 4.19. The van der Waals surface area contributed by atoms with Gasteiger partial charge >= 0.3 is 0 Å². The van der Waals surface area contributed by atoms with Crippen LogP contribution in [0, 0.1) is 0 Å². The van der Waals surface area contributed by atoms with Crippen LogP contribution in [0.3, 0.4) is 0 Å². The molecule has 0 radical (unpaired) electrons. The van der Waals surface area contributed by atoms with Crippen LogP contribution in [0.15, 0.2) is 29.5 Å². The number of para-hydroxylation sites is 1. The molecule has 8 heteroatoms. The lowest BCUT2D eigenvalue weighted by Gasteiger charge is -2.16. The van der Waals surface area contributed by atoms with Gasteiger partial charge in [-0.1, -0.05) is 29.3 Å². The molecule has 1 aliphatic rings. The standard InChI is InChI=1S/C16H18Cl2N2O4/c1-9(6-7-24-14-11(17)4-3-5-12(14)18)19-15(22)10-8-20(2)16(23)13(10)21/h3-5,9,21H,6-8H2,1-2H3,(H,19,22). The minimum Gasteiger partial charge on any atom is -0.503 e. The maximum absolute atomic E-state index is 12.1. The Balaban J connectivity index is 1.85. The van der Waals surface area contributed by atoms with Crippen molar-refractivity contribution >= 4 is 35.0 Å². The first-order valence-electron chi connectivity index (χ1n) is 7.36. The Morgan fingerprint density at radius 2 is 2.04 bits per heavy atom. The molecule has 1 atom stereocenters. The van der Waals surface area contributed by atoms with Crippen molar-refractivity contribution in [2.75, 3.05) is 20.2 Å². The molecule has 2 rings (SSSR count). The topological polar surface area (TPSA) is 78.9 Å². The normalized spacial score (nSPS) is 15.7. The first kappa shape index (κ1) is 18.4. The van der Waals surface area contributed by atoms with E-state index in [0.29, 0.717) is 28.8 Å². The van der Waals surface area contributed by atoms with Crippen molar-refractivity contribution in [2.24, 2.45) is 0 Å². The third kappa shape index (κ3) is 4.13. The minimum atomic E-state index is -0.551. The van der Waals surface area contributed by atoms with Crippen LogP contribution in [0.25, 0.3) is 0 Å². The number of hydrogen-bond acceptors (Lipinski definition) is 4. The Labute approximate surface area is 150 Å². The fourth-order valence-electron chi connectivity index (χ4n) is 2.21. The number of nitrogens with one attached hydrogen (secondary N) is 1. The predicted octanol–water partition coefficient (Wildman–Crippen LogP) is 2.55. The number of hydrogen-bond donors (Lipinski definition) is 2. The maximum atomic E-state index is 12.1. The molecule has 0 fully saturated rings. The van der Waals surface area contributed by atoms with E-state index in [-0.39, 0.29) is 18.2 Å². The van der Waals surface area contributed by atoms with Gasteiger partial charge in [0, 0.05) is 19.5 Å². The highest BCUT2D eigenvalue weighted by Gasteiger charge is 2.31. The van der Waals surface area contributed by atoms with Gasteiger partial charge in [-0.25, -0.2) is 0 Å². The summed E-state index contributed by atoms with van der Waals surface area (Å²) in [5, 5.41) is 13.2. The largest absolute Gasteiger partial charge is 0.503 e. The number of halogens is 2. The monoisotopic (exact) mass is 372 g/mol. The van der Waals surface area contributed by atoms with Crippen molar-refractivity contribution in [3.05, 3.63) is 39.6 Å². The molecule has 0 aromatic heterocycles. The van der Waals surface area contributed by atoms with E-state index in [9.17, 15) is 14.7 Å². The number of carbonyl (C=O) groups excluding carboxylic acids is 2. The molecule has 2 amide bonds. The van der Waals surface area contributed by atoms with Gasteiger partial charge in [0.05, 0.1) is 28.8 Å². The first-order chi connectivity index (χ1) is 11.3. The molecule has 0 saturated carbocycles. The van der Waals surface area contributed by atoms with Gasteiger partial charge in [0.2, 0.25) is 0 Å². The lowest BCUT2D eigenvalue weighted by atomic mass is 10.2. The summed E-state index contributed by atoms with van der Waals surface area (Å²) in [5.74, 6) is -1.11. The zero-order valence-corrected chi connectivity index (χ0v) is 14.8. The molecular formula is C16H18Cl2N2O4. The Hall–Kier alpha value is -1.92. The van der Waals surface area contributed by atoms with Crippen molar-refractivity contribution in [3.8, 4) is 5.75 Å². The van der Waals surface area contributed by atoms with Gasteiger partial charge in [-0.15, -0.1) is 0 Å². The lowest BCUT2D eigenvalue weighted by molar-refractivity contribution is -0.126. The Morgan fingerprint density at radius 3 is 2.58 bits per heavy atom. The lowest BCUT2D eigenvalue weighted by Crippen LogP contribution is -2.36. The Kier molecular flexibility index (Phi) is 5.96. The number of likely N-dealkylation sites (N-methyl/N-ethyl adjacent to an activating group) is 1. The van der Waals surface area contributed by atoms with Crippen LogP contribution in [0.5, 0.6) is 5.75 Å². The molecular weight excluding hydrogens is 355 g/mol. The predicted molar refractivity (Wildman–Crippen MR) is 91.5 cm³/mol. The van der Waals surface area contributed by atoms with Crippen molar-refractivity contribution < 1.29 is 19.4 Å². The fourth-order valence-corrected chi connectivity index (χ4v) is 2.72. The molecule has 2 N–H and O–H groups in total. The number of amides is 2. The van der Waals surface area contributed by atoms with Gasteiger partial charge in [0.1, 0.15) is 0 Å². The molecule has 1 aromatic rings. The van der Waals surface area contributed by atoms with Crippen LogP contribution in [0.4, 0.5) is 0 Å². The van der Waals surface area contributed by atoms with Gasteiger partial charge in [-0.05, 0) is 19.1 Å². The highest BCUT2D eigenvalue weighted by atomic mass is 35.5. The number of ether oxygens (including phenoxy) is 1.